The number of carbonyl (C=O) groups is 1. The lowest BCUT2D eigenvalue weighted by atomic mass is 10.2. The highest BCUT2D eigenvalue weighted by Crippen LogP contribution is 2.30. The molecule has 1 aliphatic heterocycles. The number of aliphatic imine (C=N–C) groups is 1. The molecule has 1 unspecified atom stereocenters. The summed E-state index contributed by atoms with van der Waals surface area (Å²) >= 11 is 1.40. The van der Waals surface area contributed by atoms with Crippen LogP contribution in [0, 0.1) is 5.82 Å². The number of hydrogen-bond donors (Lipinski definition) is 0. The van der Waals surface area contributed by atoms with E-state index in [0.29, 0.717) is 22.1 Å². The van der Waals surface area contributed by atoms with Gasteiger partial charge < -0.3 is 4.74 Å². The summed E-state index contributed by atoms with van der Waals surface area (Å²) in [7, 11) is 4.46. The third-order valence-corrected chi connectivity index (χ3v) is 3.99. The average molecular weight is 298 g/mol. The summed E-state index contributed by atoms with van der Waals surface area (Å²) in [5.41, 5.74) is 0.563. The van der Waals surface area contributed by atoms with E-state index in [-0.39, 0.29) is 11.7 Å². The number of nitrogens with zero attached hydrogens (tertiary/aromatic N) is 2. The first-order valence-electron chi connectivity index (χ1n) is 5.93. The number of likely N-dealkylation sites (N-methyl/N-ethyl adjacent to an activating group) is 1. The predicted molar refractivity (Wildman–Crippen MR) is 75.5 cm³/mol. The molecule has 0 aliphatic carbocycles. The van der Waals surface area contributed by atoms with Gasteiger partial charge in [-0.25, -0.2) is 9.45 Å². The third kappa shape index (κ3) is 2.94. The van der Waals surface area contributed by atoms with Crippen molar-refractivity contribution in [1.82, 2.24) is 5.06 Å². The minimum absolute atomic E-state index is 0.231. The van der Waals surface area contributed by atoms with Gasteiger partial charge in [0.15, 0.2) is 0 Å². The molecule has 0 fully saturated rings. The summed E-state index contributed by atoms with van der Waals surface area (Å²) in [5, 5.41) is 1.74. The number of rotatable bonds is 4. The molecule has 0 saturated carbocycles. The number of carbonyl (C=O) groups excluding carboxylic acids is 1. The van der Waals surface area contributed by atoms with E-state index in [4.69, 9.17) is 9.57 Å². The van der Waals surface area contributed by atoms with Gasteiger partial charge in [-0.3, -0.25) is 14.6 Å². The van der Waals surface area contributed by atoms with Crippen molar-refractivity contribution in [2.75, 3.05) is 27.0 Å². The van der Waals surface area contributed by atoms with Gasteiger partial charge in [0.2, 0.25) is 0 Å². The van der Waals surface area contributed by atoms with Crippen molar-refractivity contribution < 1.29 is 18.8 Å². The average Bonchev–Trinajstić information content (AvgIpc) is 2.95. The van der Waals surface area contributed by atoms with Crippen LogP contribution in [-0.2, 0) is 9.63 Å². The molecular weight excluding hydrogens is 283 g/mol. The first-order chi connectivity index (χ1) is 9.56. The van der Waals surface area contributed by atoms with Crippen LogP contribution in [0.4, 0.5) is 4.39 Å². The van der Waals surface area contributed by atoms with Gasteiger partial charge in [-0.15, -0.1) is 11.8 Å². The molecule has 0 spiro atoms. The summed E-state index contributed by atoms with van der Waals surface area (Å²) < 4.78 is 18.6. The lowest BCUT2D eigenvalue weighted by Crippen LogP contribution is -2.34. The maximum absolute atomic E-state index is 13.4. The normalized spacial score (nSPS) is 17.8. The molecule has 1 amide bonds. The lowest BCUT2D eigenvalue weighted by Gasteiger charge is -2.15. The molecule has 1 aromatic rings. The smallest absolute Gasteiger partial charge is 0.271 e. The van der Waals surface area contributed by atoms with Crippen molar-refractivity contribution >= 4 is 22.7 Å². The zero-order valence-corrected chi connectivity index (χ0v) is 12.2. The van der Waals surface area contributed by atoms with Gasteiger partial charge in [0.25, 0.3) is 5.91 Å². The summed E-state index contributed by atoms with van der Waals surface area (Å²) in [6, 6.07) is 3.71. The molecule has 2 rings (SSSR count). The third-order valence-electron chi connectivity index (χ3n) is 2.91. The van der Waals surface area contributed by atoms with E-state index in [2.05, 4.69) is 4.99 Å². The molecule has 108 valence electrons. The first-order valence-corrected chi connectivity index (χ1v) is 6.91. The molecule has 1 heterocycles. The Labute approximate surface area is 120 Å². The van der Waals surface area contributed by atoms with Crippen LogP contribution < -0.4 is 4.74 Å². The van der Waals surface area contributed by atoms with Crippen LogP contribution in [-0.4, -0.2) is 49.1 Å². The van der Waals surface area contributed by atoms with E-state index >= 15 is 0 Å². The SMILES string of the molecule is COc1ccc(F)cc1C1=NC(C(=O)N(C)OC)CS1. The number of hydroxylamine groups is 2. The van der Waals surface area contributed by atoms with Crippen molar-refractivity contribution in [3.8, 4) is 5.75 Å². The highest BCUT2D eigenvalue weighted by Gasteiger charge is 2.29. The van der Waals surface area contributed by atoms with Crippen molar-refractivity contribution in [2.24, 2.45) is 4.99 Å². The molecule has 20 heavy (non-hydrogen) atoms. The van der Waals surface area contributed by atoms with E-state index in [1.54, 1.807) is 6.07 Å². The van der Waals surface area contributed by atoms with Gasteiger partial charge in [0, 0.05) is 12.8 Å². The zero-order chi connectivity index (χ0) is 14.7. The Hall–Kier alpha value is -1.60. The number of hydrogen-bond acceptors (Lipinski definition) is 5. The lowest BCUT2D eigenvalue weighted by molar-refractivity contribution is -0.169. The van der Waals surface area contributed by atoms with Crippen molar-refractivity contribution in [3.63, 3.8) is 0 Å². The number of ether oxygens (including phenoxy) is 1. The van der Waals surface area contributed by atoms with Crippen molar-refractivity contribution in [1.29, 1.82) is 0 Å². The Morgan fingerprint density at radius 2 is 2.25 bits per heavy atom. The molecule has 0 bridgehead atoms. The standard InChI is InChI=1S/C13H15FN2O3S/c1-16(19-3)13(17)10-7-20-12(15-10)9-6-8(14)4-5-11(9)18-2/h4-6,10H,7H2,1-3H3. The van der Waals surface area contributed by atoms with Crippen LogP contribution in [0.15, 0.2) is 23.2 Å². The molecule has 0 N–H and O–H groups in total. The van der Waals surface area contributed by atoms with Gasteiger partial charge in [0.1, 0.15) is 22.7 Å². The summed E-state index contributed by atoms with van der Waals surface area (Å²) in [5.74, 6) is 0.436. The summed E-state index contributed by atoms with van der Waals surface area (Å²) in [4.78, 5) is 21.1. The summed E-state index contributed by atoms with van der Waals surface area (Å²) in [6.45, 7) is 0. The van der Waals surface area contributed by atoms with Gasteiger partial charge in [-0.1, -0.05) is 0 Å². The number of thioether (sulfide) groups is 1. The number of amides is 1. The van der Waals surface area contributed by atoms with Crippen LogP contribution in [0.25, 0.3) is 0 Å². The topological polar surface area (TPSA) is 51.1 Å². The Bertz CT molecular complexity index is 550. The second-order valence-electron chi connectivity index (χ2n) is 4.12. The molecule has 0 aromatic heterocycles. The van der Waals surface area contributed by atoms with Gasteiger partial charge >= 0.3 is 0 Å². The molecular formula is C13H15FN2O3S. The van der Waals surface area contributed by atoms with E-state index in [0.717, 1.165) is 5.06 Å². The molecule has 7 heteroatoms. The monoisotopic (exact) mass is 298 g/mol. The summed E-state index contributed by atoms with van der Waals surface area (Å²) in [6.07, 6.45) is 0. The van der Waals surface area contributed by atoms with Crippen molar-refractivity contribution in [2.45, 2.75) is 6.04 Å². The van der Waals surface area contributed by atoms with E-state index in [9.17, 15) is 9.18 Å². The van der Waals surface area contributed by atoms with Crippen LogP contribution in [0.5, 0.6) is 5.75 Å². The van der Waals surface area contributed by atoms with E-state index in [1.165, 1.54) is 45.2 Å². The Morgan fingerprint density at radius 3 is 2.90 bits per heavy atom. The second-order valence-corrected chi connectivity index (χ2v) is 5.13. The maximum atomic E-state index is 13.4. The molecule has 0 saturated heterocycles. The van der Waals surface area contributed by atoms with Crippen LogP contribution in [0.1, 0.15) is 5.56 Å². The zero-order valence-electron chi connectivity index (χ0n) is 11.4. The molecule has 1 atom stereocenters. The second kappa shape index (κ2) is 6.23. The number of benzene rings is 1. The van der Waals surface area contributed by atoms with Gasteiger partial charge in [-0.2, -0.15) is 0 Å². The molecule has 1 aromatic carbocycles. The molecule has 0 radical (unpaired) electrons. The van der Waals surface area contributed by atoms with E-state index in [1.807, 2.05) is 0 Å². The number of methoxy groups -OCH3 is 1. The first kappa shape index (κ1) is 14.8. The van der Waals surface area contributed by atoms with Gasteiger partial charge in [-0.05, 0) is 18.2 Å². The minimum Gasteiger partial charge on any atom is -0.496 e. The quantitative estimate of drug-likeness (QED) is 0.794. The Balaban J connectivity index is 2.27. The largest absolute Gasteiger partial charge is 0.496 e. The van der Waals surface area contributed by atoms with Crippen LogP contribution in [0.2, 0.25) is 0 Å². The fraction of sp³-hybridized carbons (Fsp3) is 0.385. The molecule has 5 nitrogen and oxygen atoms in total. The highest BCUT2D eigenvalue weighted by atomic mass is 32.2. The maximum Gasteiger partial charge on any atom is 0.271 e. The van der Waals surface area contributed by atoms with E-state index < -0.39 is 6.04 Å². The molecule has 1 aliphatic rings. The number of halogens is 1. The van der Waals surface area contributed by atoms with Crippen LogP contribution >= 0.6 is 11.8 Å². The highest BCUT2D eigenvalue weighted by molar-refractivity contribution is 8.14. The van der Waals surface area contributed by atoms with Crippen molar-refractivity contribution in [3.05, 3.63) is 29.6 Å². The fourth-order valence-corrected chi connectivity index (χ4v) is 2.84. The fourth-order valence-electron chi connectivity index (χ4n) is 1.79. The minimum atomic E-state index is -0.520. The van der Waals surface area contributed by atoms with Gasteiger partial charge in [0.05, 0.1) is 19.8 Å². The Morgan fingerprint density at radius 1 is 1.50 bits per heavy atom. The predicted octanol–water partition coefficient (Wildman–Crippen LogP) is 1.72. The van der Waals surface area contributed by atoms with Crippen LogP contribution in [0.3, 0.4) is 0 Å². The Kier molecular flexibility index (Phi) is 4.61.